The predicted molar refractivity (Wildman–Crippen MR) is 97.7 cm³/mol. The number of nitrogens with zero attached hydrogens (tertiary/aromatic N) is 3. The van der Waals surface area contributed by atoms with Gasteiger partial charge in [0.25, 0.3) is 0 Å². The number of ether oxygens (including phenoxy) is 1. The normalized spacial score (nSPS) is 16.3. The number of rotatable bonds is 6. The summed E-state index contributed by atoms with van der Waals surface area (Å²) in [6.07, 6.45) is 1.97. The van der Waals surface area contributed by atoms with Crippen molar-refractivity contribution in [3.63, 3.8) is 0 Å². The lowest BCUT2D eigenvalue weighted by molar-refractivity contribution is -0.117. The van der Waals surface area contributed by atoms with Crippen LogP contribution in [0, 0.1) is 5.82 Å². The van der Waals surface area contributed by atoms with Crippen LogP contribution in [0.4, 0.5) is 9.18 Å². The van der Waals surface area contributed by atoms with E-state index in [0.29, 0.717) is 17.5 Å². The topological polar surface area (TPSA) is 98.1 Å². The average molecular weight is 393 g/mol. The first-order chi connectivity index (χ1) is 13.1. The first-order valence-electron chi connectivity index (χ1n) is 8.52. The highest BCUT2D eigenvalue weighted by Gasteiger charge is 2.22. The van der Waals surface area contributed by atoms with E-state index in [1.165, 1.54) is 30.9 Å². The van der Waals surface area contributed by atoms with E-state index in [9.17, 15) is 14.0 Å². The molecule has 1 atom stereocenters. The molecule has 27 heavy (non-hydrogen) atoms. The standard InChI is InChI=1S/C17H20FN5O3S/c1-19-16(25)20-14(24)10-27-17-22-21-15(11-4-6-12(18)7-5-11)23(17)9-13-3-2-8-26-13/h4-7,13H,2-3,8-10H2,1H3,(H2,19,20,24,25)/t13-/m0/s1. The second-order valence-electron chi connectivity index (χ2n) is 5.97. The minimum Gasteiger partial charge on any atom is -0.376 e. The summed E-state index contributed by atoms with van der Waals surface area (Å²) in [5.41, 5.74) is 0.726. The molecule has 8 nitrogen and oxygen atoms in total. The molecule has 0 spiro atoms. The second-order valence-corrected chi connectivity index (χ2v) is 6.92. The monoisotopic (exact) mass is 393 g/mol. The molecule has 0 aliphatic carbocycles. The highest BCUT2D eigenvalue weighted by molar-refractivity contribution is 7.99. The quantitative estimate of drug-likeness (QED) is 0.727. The van der Waals surface area contributed by atoms with E-state index in [2.05, 4.69) is 20.8 Å². The van der Waals surface area contributed by atoms with Crippen LogP contribution in [0.3, 0.4) is 0 Å². The van der Waals surface area contributed by atoms with Gasteiger partial charge in [-0.15, -0.1) is 10.2 Å². The van der Waals surface area contributed by atoms with Crippen molar-refractivity contribution in [2.24, 2.45) is 0 Å². The summed E-state index contributed by atoms with van der Waals surface area (Å²) in [5.74, 6) is -0.168. The summed E-state index contributed by atoms with van der Waals surface area (Å²) in [7, 11) is 1.43. The summed E-state index contributed by atoms with van der Waals surface area (Å²) in [6, 6.07) is 5.44. The Bertz CT molecular complexity index is 805. The molecule has 2 heterocycles. The number of thioether (sulfide) groups is 1. The van der Waals surface area contributed by atoms with Gasteiger partial charge in [0.15, 0.2) is 11.0 Å². The molecule has 2 N–H and O–H groups in total. The van der Waals surface area contributed by atoms with Gasteiger partial charge in [0.1, 0.15) is 5.82 Å². The van der Waals surface area contributed by atoms with E-state index in [1.54, 1.807) is 12.1 Å². The van der Waals surface area contributed by atoms with Gasteiger partial charge in [-0.2, -0.15) is 0 Å². The van der Waals surface area contributed by atoms with Crippen LogP contribution in [0.2, 0.25) is 0 Å². The largest absolute Gasteiger partial charge is 0.376 e. The molecule has 1 aliphatic heterocycles. The van der Waals surface area contributed by atoms with Crippen molar-refractivity contribution in [2.45, 2.75) is 30.6 Å². The van der Waals surface area contributed by atoms with Crippen LogP contribution in [0.1, 0.15) is 12.8 Å². The van der Waals surface area contributed by atoms with Crippen molar-refractivity contribution in [1.82, 2.24) is 25.4 Å². The molecule has 0 saturated carbocycles. The molecule has 2 aromatic rings. The van der Waals surface area contributed by atoms with E-state index < -0.39 is 11.9 Å². The minimum absolute atomic E-state index is 0.0144. The summed E-state index contributed by atoms with van der Waals surface area (Å²) in [4.78, 5) is 23.1. The van der Waals surface area contributed by atoms with Crippen molar-refractivity contribution < 1.29 is 18.7 Å². The second kappa shape index (κ2) is 8.96. The number of amides is 3. The van der Waals surface area contributed by atoms with Crippen LogP contribution in [-0.4, -0.2) is 52.2 Å². The fraction of sp³-hybridized carbons (Fsp3) is 0.412. The Hall–Kier alpha value is -2.46. The van der Waals surface area contributed by atoms with Crippen molar-refractivity contribution >= 4 is 23.7 Å². The number of halogens is 1. The highest BCUT2D eigenvalue weighted by atomic mass is 32.2. The average Bonchev–Trinajstić information content (AvgIpc) is 3.31. The molecule has 1 fully saturated rings. The Balaban J connectivity index is 1.78. The molecular formula is C17H20FN5O3S. The van der Waals surface area contributed by atoms with Gasteiger partial charge >= 0.3 is 6.03 Å². The Morgan fingerprint density at radius 1 is 1.33 bits per heavy atom. The number of benzene rings is 1. The SMILES string of the molecule is CNC(=O)NC(=O)CSc1nnc(-c2ccc(F)cc2)n1C[C@@H]1CCCO1. The molecule has 1 saturated heterocycles. The smallest absolute Gasteiger partial charge is 0.321 e. The van der Waals surface area contributed by atoms with Crippen LogP contribution >= 0.6 is 11.8 Å². The molecule has 144 valence electrons. The zero-order valence-corrected chi connectivity index (χ0v) is 15.6. The van der Waals surface area contributed by atoms with Crippen LogP contribution < -0.4 is 10.6 Å². The maximum atomic E-state index is 13.2. The van der Waals surface area contributed by atoms with Crippen molar-refractivity contribution in [3.05, 3.63) is 30.1 Å². The summed E-state index contributed by atoms with van der Waals surface area (Å²) >= 11 is 1.18. The summed E-state index contributed by atoms with van der Waals surface area (Å²) in [6.45, 7) is 1.26. The van der Waals surface area contributed by atoms with Crippen molar-refractivity contribution in [2.75, 3.05) is 19.4 Å². The minimum atomic E-state index is -0.562. The molecule has 0 bridgehead atoms. The van der Waals surface area contributed by atoms with Gasteiger partial charge in [-0.1, -0.05) is 11.8 Å². The van der Waals surface area contributed by atoms with Gasteiger partial charge in [-0.3, -0.25) is 14.7 Å². The number of aromatic nitrogens is 3. The fourth-order valence-electron chi connectivity index (χ4n) is 2.72. The predicted octanol–water partition coefficient (Wildman–Crippen LogP) is 1.81. The van der Waals surface area contributed by atoms with Crippen molar-refractivity contribution in [3.8, 4) is 11.4 Å². The number of imide groups is 1. The Kier molecular flexibility index (Phi) is 6.40. The number of carbonyl (C=O) groups excluding carboxylic acids is 2. The highest BCUT2D eigenvalue weighted by Crippen LogP contribution is 2.26. The first-order valence-corrected chi connectivity index (χ1v) is 9.50. The van der Waals surface area contributed by atoms with Gasteiger partial charge in [0.2, 0.25) is 5.91 Å². The number of hydrogen-bond donors (Lipinski definition) is 2. The van der Waals surface area contributed by atoms with Crippen LogP contribution in [-0.2, 0) is 16.1 Å². The first kappa shape index (κ1) is 19.3. The van der Waals surface area contributed by atoms with Crippen LogP contribution in [0.15, 0.2) is 29.4 Å². The molecule has 0 unspecified atom stereocenters. The zero-order chi connectivity index (χ0) is 19.2. The zero-order valence-electron chi connectivity index (χ0n) is 14.8. The number of hydrogen-bond acceptors (Lipinski definition) is 6. The third-order valence-corrected chi connectivity index (χ3v) is 5.01. The van der Waals surface area contributed by atoms with Crippen molar-refractivity contribution in [1.29, 1.82) is 0 Å². The maximum Gasteiger partial charge on any atom is 0.321 e. The Labute approximate surface area is 159 Å². The number of nitrogens with one attached hydrogen (secondary N) is 2. The molecule has 1 aromatic carbocycles. The van der Waals surface area contributed by atoms with Gasteiger partial charge in [0, 0.05) is 19.2 Å². The summed E-state index contributed by atoms with van der Waals surface area (Å²) in [5, 5.41) is 13.5. The summed E-state index contributed by atoms with van der Waals surface area (Å²) < 4.78 is 20.8. The van der Waals surface area contributed by atoms with Gasteiger partial charge in [-0.25, -0.2) is 9.18 Å². The molecule has 3 rings (SSSR count). The van der Waals surface area contributed by atoms with Gasteiger partial charge in [0.05, 0.1) is 18.4 Å². The molecule has 0 radical (unpaired) electrons. The Morgan fingerprint density at radius 2 is 2.11 bits per heavy atom. The third kappa shape index (κ3) is 5.04. The lowest BCUT2D eigenvalue weighted by atomic mass is 10.2. The lowest BCUT2D eigenvalue weighted by Crippen LogP contribution is -2.38. The molecule has 1 aliphatic rings. The molecule has 3 amide bonds. The number of carbonyl (C=O) groups is 2. The lowest BCUT2D eigenvalue weighted by Gasteiger charge is -2.14. The third-order valence-electron chi connectivity index (χ3n) is 4.04. The maximum absolute atomic E-state index is 13.2. The van der Waals surface area contributed by atoms with Crippen LogP contribution in [0.5, 0.6) is 0 Å². The van der Waals surface area contributed by atoms with E-state index in [0.717, 1.165) is 25.0 Å². The van der Waals surface area contributed by atoms with E-state index in [1.807, 2.05) is 4.57 Å². The Morgan fingerprint density at radius 3 is 2.78 bits per heavy atom. The van der Waals surface area contributed by atoms with Crippen LogP contribution in [0.25, 0.3) is 11.4 Å². The van der Waals surface area contributed by atoms with E-state index in [4.69, 9.17) is 4.74 Å². The van der Waals surface area contributed by atoms with Gasteiger partial charge < -0.3 is 10.1 Å². The van der Waals surface area contributed by atoms with E-state index in [-0.39, 0.29) is 17.7 Å². The molecular weight excluding hydrogens is 373 g/mol. The number of urea groups is 1. The molecule has 10 heteroatoms. The van der Waals surface area contributed by atoms with E-state index >= 15 is 0 Å². The molecule has 1 aromatic heterocycles. The fourth-order valence-corrected chi connectivity index (χ4v) is 3.47. The van der Waals surface area contributed by atoms with Gasteiger partial charge in [-0.05, 0) is 37.1 Å².